The fraction of sp³-hybridized carbons (Fsp3) is 0.233. The molecule has 1 aromatic heterocycles. The summed E-state index contributed by atoms with van der Waals surface area (Å²) < 4.78 is 49.7. The summed E-state index contributed by atoms with van der Waals surface area (Å²) in [6.07, 6.45) is 0.268. The molecule has 1 amide bonds. The van der Waals surface area contributed by atoms with Crippen LogP contribution in [0.5, 0.6) is 11.5 Å². The average molecular weight is 673 g/mol. The number of ether oxygens (including phenoxy) is 2. The summed E-state index contributed by atoms with van der Waals surface area (Å²) in [5.74, 6) is -0.441. The molecule has 3 aromatic carbocycles. The number of benzene rings is 3. The maximum atomic E-state index is 13.5. The minimum Gasteiger partial charge on any atom is -0.489 e. The van der Waals surface area contributed by atoms with E-state index in [1.807, 2.05) is 0 Å². The molecule has 2 atom stereocenters. The number of pyridine rings is 1. The van der Waals surface area contributed by atoms with Gasteiger partial charge >= 0.3 is 0 Å². The number of aromatic nitrogens is 1. The highest BCUT2D eigenvalue weighted by molar-refractivity contribution is 8.72. The van der Waals surface area contributed by atoms with Gasteiger partial charge in [-0.1, -0.05) is 23.7 Å². The van der Waals surface area contributed by atoms with Crippen molar-refractivity contribution in [2.45, 2.75) is 24.4 Å². The Bertz CT molecular complexity index is 1910. The lowest BCUT2D eigenvalue weighted by Gasteiger charge is -2.18. The van der Waals surface area contributed by atoms with Gasteiger partial charge in [-0.15, -0.1) is 0 Å². The SMILES string of the molecule is N#Cc1cnc2cc(OCC(O)CO)c(NC(=O)C3CCSS3(=O)=O)cc2c1Nc1ccc(OCc2cccc(F)c2)c(Cl)c1. The second-order valence-corrected chi connectivity index (χ2v) is 14.6. The Morgan fingerprint density at radius 3 is 2.71 bits per heavy atom. The van der Waals surface area contributed by atoms with Gasteiger partial charge in [0.1, 0.15) is 42.7 Å². The quantitative estimate of drug-likeness (QED) is 0.162. The molecule has 2 unspecified atom stereocenters. The topological polar surface area (TPSA) is 171 Å². The number of aliphatic hydroxyl groups is 2. The minimum absolute atomic E-state index is 0.0670. The predicted octanol–water partition coefficient (Wildman–Crippen LogP) is 4.73. The molecule has 5 rings (SSSR count). The number of amides is 1. The van der Waals surface area contributed by atoms with Crippen LogP contribution in [0.1, 0.15) is 17.5 Å². The first kappa shape index (κ1) is 32.3. The van der Waals surface area contributed by atoms with Gasteiger partial charge in [0.25, 0.3) is 0 Å². The molecule has 1 aliphatic rings. The molecular weight excluding hydrogens is 647 g/mol. The average Bonchev–Trinajstić information content (AvgIpc) is 3.38. The number of nitrogens with zero attached hydrogens (tertiary/aromatic N) is 2. The van der Waals surface area contributed by atoms with Crippen molar-refractivity contribution in [1.82, 2.24) is 4.98 Å². The van der Waals surface area contributed by atoms with Crippen molar-refractivity contribution in [1.29, 1.82) is 5.26 Å². The highest BCUT2D eigenvalue weighted by Crippen LogP contribution is 2.38. The lowest BCUT2D eigenvalue weighted by Crippen LogP contribution is -2.31. The first-order valence-electron chi connectivity index (χ1n) is 13.5. The standard InChI is InChI=1S/C30H26ClFN4O7S2/c31-23-9-20(4-5-26(23)42-15-17-2-1-3-19(32)8-17)35-29-18(12-33)13-34-24-11-27(43-16-21(38)14-37)25(10-22(24)29)36-30(39)28-6-7-44-45(28,40)41/h1-5,8-11,13,21,28,37-38H,6-7,14-16H2,(H,34,35)(H,36,39). The number of halogens is 2. The largest absolute Gasteiger partial charge is 0.489 e. The van der Waals surface area contributed by atoms with Crippen LogP contribution >= 0.6 is 22.4 Å². The molecule has 0 radical (unpaired) electrons. The van der Waals surface area contributed by atoms with Crippen molar-refractivity contribution < 1.29 is 37.3 Å². The van der Waals surface area contributed by atoms with Crippen molar-refractivity contribution in [2.24, 2.45) is 0 Å². The Kier molecular flexibility index (Phi) is 9.96. The summed E-state index contributed by atoms with van der Waals surface area (Å²) in [4.78, 5) is 17.4. The molecule has 0 saturated carbocycles. The van der Waals surface area contributed by atoms with Crippen LogP contribution in [0.15, 0.2) is 60.8 Å². The number of carbonyl (C=O) groups excluding carboxylic acids is 1. The first-order chi connectivity index (χ1) is 21.6. The third kappa shape index (κ3) is 7.58. The van der Waals surface area contributed by atoms with Gasteiger partial charge in [0.15, 0.2) is 5.25 Å². The van der Waals surface area contributed by atoms with Crippen LogP contribution in [-0.2, 0) is 20.3 Å². The Morgan fingerprint density at radius 1 is 1.20 bits per heavy atom. The molecule has 4 N–H and O–H groups in total. The fourth-order valence-electron chi connectivity index (χ4n) is 4.50. The van der Waals surface area contributed by atoms with Gasteiger partial charge < -0.3 is 30.3 Å². The number of carbonyl (C=O) groups is 1. The van der Waals surface area contributed by atoms with E-state index < -0.39 is 32.7 Å². The van der Waals surface area contributed by atoms with Gasteiger partial charge in [-0.05, 0) is 59.2 Å². The Balaban J connectivity index is 1.48. The predicted molar refractivity (Wildman–Crippen MR) is 169 cm³/mol. The van der Waals surface area contributed by atoms with E-state index in [4.69, 9.17) is 21.1 Å². The molecule has 1 aliphatic heterocycles. The molecule has 2 heterocycles. The Morgan fingerprint density at radius 2 is 2.02 bits per heavy atom. The highest BCUT2D eigenvalue weighted by atomic mass is 35.5. The molecule has 234 valence electrons. The normalized spacial score (nSPS) is 16.1. The number of anilines is 3. The van der Waals surface area contributed by atoms with Crippen LogP contribution in [0.25, 0.3) is 10.9 Å². The highest BCUT2D eigenvalue weighted by Gasteiger charge is 2.38. The van der Waals surface area contributed by atoms with Gasteiger partial charge in [0, 0.05) is 29.1 Å². The Labute approximate surface area is 266 Å². The molecule has 0 aliphatic carbocycles. The van der Waals surface area contributed by atoms with Crippen LogP contribution < -0.4 is 20.1 Å². The molecule has 4 aromatic rings. The van der Waals surface area contributed by atoms with Crippen molar-refractivity contribution in [3.63, 3.8) is 0 Å². The maximum absolute atomic E-state index is 13.5. The molecule has 1 saturated heterocycles. The van der Waals surface area contributed by atoms with E-state index in [0.717, 1.165) is 0 Å². The maximum Gasteiger partial charge on any atom is 0.243 e. The zero-order valence-electron chi connectivity index (χ0n) is 23.4. The van der Waals surface area contributed by atoms with Gasteiger partial charge in [-0.3, -0.25) is 9.78 Å². The number of aliphatic hydroxyl groups excluding tert-OH is 2. The third-order valence-corrected chi connectivity index (χ3v) is 11.1. The van der Waals surface area contributed by atoms with Crippen molar-refractivity contribution in [2.75, 3.05) is 29.6 Å². The summed E-state index contributed by atoms with van der Waals surface area (Å²) in [6.45, 7) is -0.801. The molecule has 45 heavy (non-hydrogen) atoms. The number of nitriles is 1. The zero-order valence-corrected chi connectivity index (χ0v) is 25.8. The third-order valence-electron chi connectivity index (χ3n) is 6.74. The second kappa shape index (κ2) is 13.9. The summed E-state index contributed by atoms with van der Waals surface area (Å²) in [5, 5.41) is 34.1. The summed E-state index contributed by atoms with van der Waals surface area (Å²) in [6, 6.07) is 15.9. The van der Waals surface area contributed by atoms with E-state index in [-0.39, 0.29) is 53.2 Å². The van der Waals surface area contributed by atoms with E-state index in [9.17, 15) is 33.1 Å². The fourth-order valence-corrected chi connectivity index (χ4v) is 8.37. The van der Waals surface area contributed by atoms with Crippen molar-refractivity contribution in [3.8, 4) is 17.6 Å². The van der Waals surface area contributed by atoms with Gasteiger partial charge in [0.2, 0.25) is 14.8 Å². The lowest BCUT2D eigenvalue weighted by atomic mass is 10.1. The van der Waals surface area contributed by atoms with Crippen LogP contribution in [0.2, 0.25) is 5.02 Å². The van der Waals surface area contributed by atoms with E-state index >= 15 is 0 Å². The minimum atomic E-state index is -3.70. The number of fused-ring (bicyclic) bond motifs is 1. The molecular formula is C30H26ClFN4O7S2. The number of rotatable bonds is 11. The van der Waals surface area contributed by atoms with Crippen molar-refractivity contribution >= 4 is 65.1 Å². The van der Waals surface area contributed by atoms with E-state index in [1.165, 1.54) is 30.5 Å². The zero-order chi connectivity index (χ0) is 32.1. The summed E-state index contributed by atoms with van der Waals surface area (Å²) >= 11 is 6.48. The number of hydrogen-bond donors (Lipinski definition) is 4. The smallest absolute Gasteiger partial charge is 0.243 e. The van der Waals surface area contributed by atoms with Gasteiger partial charge in [-0.2, -0.15) is 5.26 Å². The van der Waals surface area contributed by atoms with Crippen LogP contribution in [-0.4, -0.2) is 59.8 Å². The summed E-state index contributed by atoms with van der Waals surface area (Å²) in [5.41, 5.74) is 1.98. The van der Waals surface area contributed by atoms with E-state index in [2.05, 4.69) is 21.7 Å². The van der Waals surface area contributed by atoms with Crippen LogP contribution in [0, 0.1) is 17.1 Å². The molecule has 0 bridgehead atoms. The molecule has 0 spiro atoms. The lowest BCUT2D eigenvalue weighted by molar-refractivity contribution is -0.115. The Hall–Kier alpha value is -4.13. The monoisotopic (exact) mass is 672 g/mol. The van der Waals surface area contributed by atoms with E-state index in [1.54, 1.807) is 30.3 Å². The van der Waals surface area contributed by atoms with Crippen molar-refractivity contribution in [3.05, 3.63) is 82.8 Å². The first-order valence-corrected chi connectivity index (χ1v) is 16.9. The van der Waals surface area contributed by atoms with Crippen LogP contribution in [0.3, 0.4) is 0 Å². The number of hydrogen-bond acceptors (Lipinski definition) is 11. The van der Waals surface area contributed by atoms with Crippen LogP contribution in [0.4, 0.5) is 21.5 Å². The second-order valence-electron chi connectivity index (χ2n) is 9.94. The molecule has 11 nitrogen and oxygen atoms in total. The number of nitrogens with one attached hydrogen (secondary N) is 2. The van der Waals surface area contributed by atoms with E-state index in [0.29, 0.717) is 44.4 Å². The molecule has 15 heteroatoms. The van der Waals surface area contributed by atoms with Gasteiger partial charge in [0.05, 0.1) is 34.1 Å². The molecule has 1 fully saturated rings. The summed E-state index contributed by atoms with van der Waals surface area (Å²) in [7, 11) is -2.99. The van der Waals surface area contributed by atoms with Gasteiger partial charge in [-0.25, -0.2) is 12.8 Å².